The van der Waals surface area contributed by atoms with E-state index in [0.717, 1.165) is 24.8 Å². The molecule has 1 atom stereocenters. The molecule has 4 nitrogen and oxygen atoms in total. The van der Waals surface area contributed by atoms with Crippen molar-refractivity contribution in [2.45, 2.75) is 50.5 Å². The van der Waals surface area contributed by atoms with Gasteiger partial charge in [0.2, 0.25) is 0 Å². The summed E-state index contributed by atoms with van der Waals surface area (Å²) in [4.78, 5) is 0.124. The smallest absolute Gasteiger partial charge is 0.297 e. The Kier molecular flexibility index (Phi) is 6.48. The molecule has 0 heterocycles. The number of benzene rings is 1. The molecule has 0 aliphatic carbocycles. The lowest BCUT2D eigenvalue weighted by atomic mass is 10.1. The van der Waals surface area contributed by atoms with Gasteiger partial charge in [0, 0.05) is 0 Å². The minimum atomic E-state index is -3.76. The summed E-state index contributed by atoms with van der Waals surface area (Å²) in [7, 11) is -3.76. The predicted octanol–water partition coefficient (Wildman–Crippen LogP) is 2.64. The summed E-state index contributed by atoms with van der Waals surface area (Å²) in [6.45, 7) is 3.78. The van der Waals surface area contributed by atoms with Crippen LogP contribution < -0.4 is 0 Å². The molecule has 0 aliphatic heterocycles. The molecule has 0 fully saturated rings. The second-order valence-electron chi connectivity index (χ2n) is 4.70. The lowest BCUT2D eigenvalue weighted by Gasteiger charge is -2.11. The molecule has 108 valence electrons. The summed E-state index contributed by atoms with van der Waals surface area (Å²) in [5, 5.41) is 9.64. The van der Waals surface area contributed by atoms with E-state index in [1.807, 2.05) is 6.92 Å². The summed E-state index contributed by atoms with van der Waals surface area (Å²) in [5.41, 5.74) is 0.985. The number of aliphatic hydroxyl groups excluding tert-OH is 1. The maximum Gasteiger partial charge on any atom is 0.297 e. The molecular weight excluding hydrogens is 264 g/mol. The lowest BCUT2D eigenvalue weighted by molar-refractivity contribution is 0.100. The highest BCUT2D eigenvalue weighted by Crippen LogP contribution is 2.14. The zero-order chi connectivity index (χ0) is 14.3. The Hall–Kier alpha value is -0.910. The summed E-state index contributed by atoms with van der Waals surface area (Å²) >= 11 is 0. The van der Waals surface area contributed by atoms with Gasteiger partial charge < -0.3 is 5.11 Å². The second-order valence-corrected chi connectivity index (χ2v) is 6.32. The number of hydrogen-bond donors (Lipinski definition) is 1. The first kappa shape index (κ1) is 16.1. The third-order valence-corrected chi connectivity index (χ3v) is 4.16. The van der Waals surface area contributed by atoms with Crippen molar-refractivity contribution in [1.29, 1.82) is 0 Å². The summed E-state index contributed by atoms with van der Waals surface area (Å²) in [5.74, 6) is 0. The molecule has 0 aliphatic rings. The number of aryl methyl sites for hydroxylation is 1. The summed E-state index contributed by atoms with van der Waals surface area (Å²) in [6.07, 6.45) is 2.81. The van der Waals surface area contributed by atoms with E-state index in [4.69, 9.17) is 4.18 Å². The average Bonchev–Trinajstić information content (AvgIpc) is 2.37. The number of hydrogen-bond acceptors (Lipinski definition) is 4. The van der Waals surface area contributed by atoms with Crippen molar-refractivity contribution in [3.8, 4) is 0 Å². The Morgan fingerprint density at radius 1 is 1.21 bits per heavy atom. The van der Waals surface area contributed by atoms with Gasteiger partial charge in [-0.25, -0.2) is 0 Å². The van der Waals surface area contributed by atoms with Crippen LogP contribution in [0.5, 0.6) is 0 Å². The first-order chi connectivity index (χ1) is 8.95. The number of rotatable bonds is 8. The molecule has 0 saturated carbocycles. The van der Waals surface area contributed by atoms with Crippen LogP contribution in [0.3, 0.4) is 0 Å². The van der Waals surface area contributed by atoms with Crippen molar-refractivity contribution < 1.29 is 17.7 Å². The molecule has 1 unspecified atom stereocenters. The molecule has 0 amide bonds. The highest BCUT2D eigenvalue weighted by Gasteiger charge is 2.17. The van der Waals surface area contributed by atoms with Crippen LogP contribution in [-0.4, -0.2) is 26.2 Å². The zero-order valence-corrected chi connectivity index (χ0v) is 12.3. The normalized spacial score (nSPS) is 13.4. The van der Waals surface area contributed by atoms with Crippen molar-refractivity contribution in [1.82, 2.24) is 0 Å². The van der Waals surface area contributed by atoms with E-state index in [0.29, 0.717) is 6.42 Å². The molecule has 0 aromatic heterocycles. The van der Waals surface area contributed by atoms with Crippen LogP contribution in [0.4, 0.5) is 0 Å². The van der Waals surface area contributed by atoms with Gasteiger partial charge in [0.25, 0.3) is 10.1 Å². The molecule has 1 aromatic carbocycles. The highest BCUT2D eigenvalue weighted by atomic mass is 32.2. The predicted molar refractivity (Wildman–Crippen MR) is 74.5 cm³/mol. The molecule has 0 spiro atoms. The van der Waals surface area contributed by atoms with Crippen LogP contribution in [0.2, 0.25) is 0 Å². The van der Waals surface area contributed by atoms with Crippen LogP contribution in [0.1, 0.15) is 38.2 Å². The number of aliphatic hydroxyl groups is 1. The van der Waals surface area contributed by atoms with Gasteiger partial charge in [-0.2, -0.15) is 8.42 Å². The SMILES string of the molecule is CCCCCC(O)COS(=O)(=O)c1ccc(C)cc1. The van der Waals surface area contributed by atoms with E-state index in [2.05, 4.69) is 6.92 Å². The van der Waals surface area contributed by atoms with Crippen molar-refractivity contribution in [3.05, 3.63) is 29.8 Å². The molecule has 1 N–H and O–H groups in total. The number of unbranched alkanes of at least 4 members (excludes halogenated alkanes) is 2. The summed E-state index contributed by atoms with van der Waals surface area (Å²) < 4.78 is 28.6. The van der Waals surface area contributed by atoms with Crippen LogP contribution in [-0.2, 0) is 14.3 Å². The monoisotopic (exact) mass is 286 g/mol. The molecule has 19 heavy (non-hydrogen) atoms. The van der Waals surface area contributed by atoms with Gasteiger partial charge in [-0.05, 0) is 25.5 Å². The van der Waals surface area contributed by atoms with Gasteiger partial charge in [-0.1, -0.05) is 43.9 Å². The average molecular weight is 286 g/mol. The van der Waals surface area contributed by atoms with Gasteiger partial charge in [-0.3, -0.25) is 4.18 Å². The summed E-state index contributed by atoms with van der Waals surface area (Å²) in [6, 6.07) is 6.45. The van der Waals surface area contributed by atoms with E-state index in [9.17, 15) is 13.5 Å². The first-order valence-electron chi connectivity index (χ1n) is 6.60. The van der Waals surface area contributed by atoms with Gasteiger partial charge in [-0.15, -0.1) is 0 Å². The second kappa shape index (κ2) is 7.62. The van der Waals surface area contributed by atoms with E-state index >= 15 is 0 Å². The van der Waals surface area contributed by atoms with Crippen LogP contribution in [0.15, 0.2) is 29.2 Å². The standard InChI is InChI=1S/C14H22O4S/c1-3-4-5-6-13(15)11-18-19(16,17)14-9-7-12(2)8-10-14/h7-10,13,15H,3-6,11H2,1-2H3. The molecule has 0 bridgehead atoms. The van der Waals surface area contributed by atoms with E-state index in [1.54, 1.807) is 12.1 Å². The fourth-order valence-corrected chi connectivity index (χ4v) is 2.60. The molecule has 0 radical (unpaired) electrons. The lowest BCUT2D eigenvalue weighted by Crippen LogP contribution is -2.19. The fraction of sp³-hybridized carbons (Fsp3) is 0.571. The Labute approximate surface area is 115 Å². The Morgan fingerprint density at radius 2 is 1.84 bits per heavy atom. The van der Waals surface area contributed by atoms with Crippen LogP contribution in [0.25, 0.3) is 0 Å². The minimum Gasteiger partial charge on any atom is -0.391 e. The Morgan fingerprint density at radius 3 is 2.42 bits per heavy atom. The van der Waals surface area contributed by atoms with Crippen molar-refractivity contribution in [2.75, 3.05) is 6.61 Å². The molecular formula is C14H22O4S. The van der Waals surface area contributed by atoms with Crippen LogP contribution in [0, 0.1) is 6.92 Å². The fourth-order valence-electron chi connectivity index (χ4n) is 1.65. The maximum absolute atomic E-state index is 11.8. The Bertz CT molecular complexity index is 465. The van der Waals surface area contributed by atoms with Crippen molar-refractivity contribution in [2.24, 2.45) is 0 Å². The maximum atomic E-state index is 11.8. The van der Waals surface area contributed by atoms with Crippen molar-refractivity contribution >= 4 is 10.1 Å². The molecule has 1 aromatic rings. The molecule has 0 saturated heterocycles. The minimum absolute atomic E-state index is 0.124. The van der Waals surface area contributed by atoms with E-state index < -0.39 is 16.2 Å². The third kappa shape index (κ3) is 5.72. The Balaban J connectivity index is 2.49. The largest absolute Gasteiger partial charge is 0.391 e. The van der Waals surface area contributed by atoms with Gasteiger partial charge >= 0.3 is 0 Å². The van der Waals surface area contributed by atoms with Gasteiger partial charge in [0.1, 0.15) is 0 Å². The van der Waals surface area contributed by atoms with E-state index in [1.165, 1.54) is 12.1 Å². The van der Waals surface area contributed by atoms with Gasteiger partial charge in [0.15, 0.2) is 0 Å². The highest BCUT2D eigenvalue weighted by molar-refractivity contribution is 7.86. The molecule has 5 heteroatoms. The van der Waals surface area contributed by atoms with E-state index in [-0.39, 0.29) is 11.5 Å². The third-order valence-electron chi connectivity index (χ3n) is 2.87. The van der Waals surface area contributed by atoms with Gasteiger partial charge in [0.05, 0.1) is 17.6 Å². The van der Waals surface area contributed by atoms with Crippen molar-refractivity contribution in [3.63, 3.8) is 0 Å². The topological polar surface area (TPSA) is 63.6 Å². The molecule has 1 rings (SSSR count). The zero-order valence-electron chi connectivity index (χ0n) is 11.5. The first-order valence-corrected chi connectivity index (χ1v) is 8.00. The quantitative estimate of drug-likeness (QED) is 0.589. The van der Waals surface area contributed by atoms with Crippen LogP contribution >= 0.6 is 0 Å².